The number of carbonyl (C=O) groups is 1. The average Bonchev–Trinajstić information content (AvgIpc) is 2.98. The fourth-order valence-electron chi connectivity index (χ4n) is 2.31. The van der Waals surface area contributed by atoms with Gasteiger partial charge in [-0.05, 0) is 42.4 Å². The van der Waals surface area contributed by atoms with Gasteiger partial charge in [-0.3, -0.25) is 4.79 Å². The molecule has 16 heavy (non-hydrogen) atoms. The van der Waals surface area contributed by atoms with Gasteiger partial charge in [0.25, 0.3) is 0 Å². The SMILES string of the molecule is O=C(c1ccc2c(c1)CCO2)C1CCCS1. The van der Waals surface area contributed by atoms with E-state index in [9.17, 15) is 4.79 Å². The molecule has 2 aliphatic heterocycles. The monoisotopic (exact) mass is 234 g/mol. The summed E-state index contributed by atoms with van der Waals surface area (Å²) >= 11 is 1.80. The summed E-state index contributed by atoms with van der Waals surface area (Å²) < 4.78 is 5.44. The molecule has 0 radical (unpaired) electrons. The van der Waals surface area contributed by atoms with Crippen LogP contribution in [0.5, 0.6) is 5.75 Å². The lowest BCUT2D eigenvalue weighted by molar-refractivity contribution is 0.0988. The maximum Gasteiger partial charge on any atom is 0.175 e. The van der Waals surface area contributed by atoms with E-state index in [2.05, 4.69) is 0 Å². The predicted octanol–water partition coefficient (Wildman–Crippen LogP) is 2.70. The Bertz CT molecular complexity index is 422. The molecule has 1 saturated heterocycles. The van der Waals surface area contributed by atoms with Crippen molar-refractivity contribution in [1.29, 1.82) is 0 Å². The van der Waals surface area contributed by atoms with Crippen LogP contribution in [-0.4, -0.2) is 23.4 Å². The minimum atomic E-state index is 0.195. The number of rotatable bonds is 2. The summed E-state index contributed by atoms with van der Waals surface area (Å²) in [5, 5.41) is 0.195. The molecule has 1 fully saturated rings. The van der Waals surface area contributed by atoms with E-state index in [1.807, 2.05) is 18.2 Å². The average molecular weight is 234 g/mol. The Kier molecular flexibility index (Phi) is 2.64. The van der Waals surface area contributed by atoms with Gasteiger partial charge in [0.05, 0.1) is 11.9 Å². The quantitative estimate of drug-likeness (QED) is 0.736. The number of ether oxygens (including phenoxy) is 1. The fourth-order valence-corrected chi connectivity index (χ4v) is 3.55. The zero-order valence-corrected chi connectivity index (χ0v) is 9.89. The second-order valence-corrected chi connectivity index (χ2v) is 5.60. The van der Waals surface area contributed by atoms with Crippen molar-refractivity contribution in [2.24, 2.45) is 0 Å². The third-order valence-corrected chi connectivity index (χ3v) is 4.57. The highest BCUT2D eigenvalue weighted by Crippen LogP contribution is 2.31. The van der Waals surface area contributed by atoms with E-state index >= 15 is 0 Å². The summed E-state index contributed by atoms with van der Waals surface area (Å²) in [6.07, 6.45) is 3.15. The standard InChI is InChI=1S/C13H14O2S/c14-13(12-2-1-7-16-12)10-3-4-11-9(8-10)5-6-15-11/h3-4,8,12H,1-2,5-7H2. The van der Waals surface area contributed by atoms with Gasteiger partial charge in [0, 0.05) is 12.0 Å². The molecule has 2 nitrogen and oxygen atoms in total. The molecule has 1 unspecified atom stereocenters. The Labute approximate surface area is 99.4 Å². The molecule has 0 spiro atoms. The maximum absolute atomic E-state index is 12.2. The van der Waals surface area contributed by atoms with Gasteiger partial charge in [0.2, 0.25) is 0 Å². The molecule has 2 heterocycles. The van der Waals surface area contributed by atoms with Crippen molar-refractivity contribution in [2.45, 2.75) is 24.5 Å². The van der Waals surface area contributed by atoms with Crippen molar-refractivity contribution in [3.05, 3.63) is 29.3 Å². The van der Waals surface area contributed by atoms with E-state index in [1.165, 1.54) is 12.0 Å². The van der Waals surface area contributed by atoms with Gasteiger partial charge >= 0.3 is 0 Å². The molecule has 0 N–H and O–H groups in total. The molecule has 0 bridgehead atoms. The lowest BCUT2D eigenvalue weighted by Crippen LogP contribution is -2.14. The summed E-state index contributed by atoms with van der Waals surface area (Å²) in [6, 6.07) is 5.87. The van der Waals surface area contributed by atoms with Crippen LogP contribution >= 0.6 is 11.8 Å². The first-order valence-electron chi connectivity index (χ1n) is 5.76. The normalized spacial score (nSPS) is 22.9. The van der Waals surface area contributed by atoms with Gasteiger partial charge in [-0.1, -0.05) is 0 Å². The lowest BCUT2D eigenvalue weighted by Gasteiger charge is -2.08. The maximum atomic E-state index is 12.2. The summed E-state index contributed by atoms with van der Waals surface area (Å²) in [5.41, 5.74) is 2.05. The van der Waals surface area contributed by atoms with E-state index in [0.29, 0.717) is 5.78 Å². The first-order valence-corrected chi connectivity index (χ1v) is 6.81. The second kappa shape index (κ2) is 4.13. The Balaban J connectivity index is 1.86. The van der Waals surface area contributed by atoms with Gasteiger partial charge in [0.15, 0.2) is 5.78 Å². The number of ketones is 1. The molecule has 0 saturated carbocycles. The van der Waals surface area contributed by atoms with Gasteiger partial charge in [-0.2, -0.15) is 11.8 Å². The topological polar surface area (TPSA) is 26.3 Å². The molecule has 3 heteroatoms. The number of benzene rings is 1. The Morgan fingerprint density at radius 3 is 3.19 bits per heavy atom. The number of carbonyl (C=O) groups excluding carboxylic acids is 1. The largest absolute Gasteiger partial charge is 0.493 e. The van der Waals surface area contributed by atoms with Crippen molar-refractivity contribution in [2.75, 3.05) is 12.4 Å². The minimum Gasteiger partial charge on any atom is -0.493 e. The van der Waals surface area contributed by atoms with Crippen LogP contribution in [0.25, 0.3) is 0 Å². The van der Waals surface area contributed by atoms with Crippen LogP contribution in [0.15, 0.2) is 18.2 Å². The van der Waals surface area contributed by atoms with Crippen LogP contribution in [0.3, 0.4) is 0 Å². The number of Topliss-reactive ketones (excluding diaryl/α,β-unsaturated/α-hetero) is 1. The molecule has 1 aromatic carbocycles. The van der Waals surface area contributed by atoms with Gasteiger partial charge < -0.3 is 4.74 Å². The smallest absolute Gasteiger partial charge is 0.175 e. The summed E-state index contributed by atoms with van der Waals surface area (Å²) in [7, 11) is 0. The molecule has 2 aliphatic rings. The molecule has 0 amide bonds. The lowest BCUT2D eigenvalue weighted by atomic mass is 10.0. The van der Waals surface area contributed by atoms with Crippen molar-refractivity contribution in [1.82, 2.24) is 0 Å². The Morgan fingerprint density at radius 2 is 2.38 bits per heavy atom. The third-order valence-electron chi connectivity index (χ3n) is 3.20. The first-order chi connectivity index (χ1) is 7.84. The van der Waals surface area contributed by atoms with E-state index in [1.54, 1.807) is 11.8 Å². The van der Waals surface area contributed by atoms with E-state index in [-0.39, 0.29) is 5.25 Å². The highest BCUT2D eigenvalue weighted by atomic mass is 32.2. The highest BCUT2D eigenvalue weighted by molar-refractivity contribution is 8.00. The van der Waals surface area contributed by atoms with Crippen LogP contribution in [0.4, 0.5) is 0 Å². The fraction of sp³-hybridized carbons (Fsp3) is 0.462. The summed E-state index contributed by atoms with van der Waals surface area (Å²) in [5.74, 6) is 2.39. The number of thioether (sulfide) groups is 1. The number of hydrogen-bond donors (Lipinski definition) is 0. The van der Waals surface area contributed by atoms with Crippen molar-refractivity contribution >= 4 is 17.5 Å². The van der Waals surface area contributed by atoms with Crippen LogP contribution in [-0.2, 0) is 6.42 Å². The molecule has 3 rings (SSSR count). The molecule has 1 atom stereocenters. The van der Waals surface area contributed by atoms with Gasteiger partial charge in [0.1, 0.15) is 5.75 Å². The third kappa shape index (κ3) is 1.73. The van der Waals surface area contributed by atoms with Crippen molar-refractivity contribution in [3.63, 3.8) is 0 Å². The molecular weight excluding hydrogens is 220 g/mol. The van der Waals surface area contributed by atoms with Crippen molar-refractivity contribution < 1.29 is 9.53 Å². The van der Waals surface area contributed by atoms with E-state index in [4.69, 9.17) is 4.74 Å². The Morgan fingerprint density at radius 1 is 1.44 bits per heavy atom. The number of hydrogen-bond acceptors (Lipinski definition) is 3. The molecule has 84 valence electrons. The predicted molar refractivity (Wildman–Crippen MR) is 65.5 cm³/mol. The second-order valence-electron chi connectivity index (χ2n) is 4.29. The Hall–Kier alpha value is -0.960. The van der Waals surface area contributed by atoms with Gasteiger partial charge in [-0.25, -0.2) is 0 Å². The van der Waals surface area contributed by atoms with Crippen LogP contribution < -0.4 is 4.74 Å². The molecule has 0 aromatic heterocycles. The summed E-state index contributed by atoms with van der Waals surface area (Å²) in [6.45, 7) is 0.755. The first kappa shape index (κ1) is 10.2. The van der Waals surface area contributed by atoms with Crippen LogP contribution in [0.1, 0.15) is 28.8 Å². The molecule has 1 aromatic rings. The summed E-state index contributed by atoms with van der Waals surface area (Å²) in [4.78, 5) is 12.2. The van der Waals surface area contributed by atoms with Crippen LogP contribution in [0, 0.1) is 0 Å². The minimum absolute atomic E-state index is 0.195. The van der Waals surface area contributed by atoms with Gasteiger partial charge in [-0.15, -0.1) is 0 Å². The molecule has 0 aliphatic carbocycles. The number of fused-ring (bicyclic) bond motifs is 1. The zero-order chi connectivity index (χ0) is 11.0. The molecular formula is C13H14O2S. The van der Waals surface area contributed by atoms with E-state index in [0.717, 1.165) is 36.5 Å². The zero-order valence-electron chi connectivity index (χ0n) is 9.07. The van der Waals surface area contributed by atoms with Crippen LogP contribution in [0.2, 0.25) is 0 Å². The highest BCUT2D eigenvalue weighted by Gasteiger charge is 2.25. The van der Waals surface area contributed by atoms with E-state index < -0.39 is 0 Å². The van der Waals surface area contributed by atoms with Crippen molar-refractivity contribution in [3.8, 4) is 5.75 Å².